The van der Waals surface area contributed by atoms with Gasteiger partial charge in [0.05, 0.1) is 5.54 Å². The van der Waals surface area contributed by atoms with Gasteiger partial charge in [0.25, 0.3) is 0 Å². The molecule has 2 saturated carbocycles. The Morgan fingerprint density at radius 1 is 1.10 bits per heavy atom. The van der Waals surface area contributed by atoms with Crippen LogP contribution in [0.25, 0.3) is 0 Å². The van der Waals surface area contributed by atoms with E-state index in [4.69, 9.17) is 5.73 Å². The van der Waals surface area contributed by atoms with E-state index in [0.29, 0.717) is 17.4 Å². The number of likely N-dealkylation sites (tertiary alicyclic amines) is 2. The topological polar surface area (TPSA) is 49.6 Å². The van der Waals surface area contributed by atoms with Crippen molar-refractivity contribution in [3.05, 3.63) is 35.9 Å². The number of amides is 1. The zero-order valence-corrected chi connectivity index (χ0v) is 18.2. The summed E-state index contributed by atoms with van der Waals surface area (Å²) in [7, 11) is 0. The van der Waals surface area contributed by atoms with E-state index in [9.17, 15) is 4.79 Å². The molecule has 2 aliphatic carbocycles. The molecule has 1 amide bonds. The van der Waals surface area contributed by atoms with Gasteiger partial charge in [0.15, 0.2) is 0 Å². The fraction of sp³-hybridized carbons (Fsp3) is 0.720. The molecule has 1 spiro atoms. The second kappa shape index (κ2) is 6.81. The van der Waals surface area contributed by atoms with Gasteiger partial charge in [0, 0.05) is 24.5 Å². The third kappa shape index (κ3) is 3.33. The van der Waals surface area contributed by atoms with Crippen molar-refractivity contribution in [1.29, 1.82) is 0 Å². The zero-order chi connectivity index (χ0) is 20.3. The first-order valence-electron chi connectivity index (χ1n) is 11.7. The number of benzene rings is 1. The van der Waals surface area contributed by atoms with Crippen LogP contribution in [0.2, 0.25) is 0 Å². The molecule has 158 valence electrons. The maximum absolute atomic E-state index is 13.4. The fourth-order valence-electron chi connectivity index (χ4n) is 7.05. The van der Waals surface area contributed by atoms with Crippen LogP contribution in [0.15, 0.2) is 30.3 Å². The predicted octanol–water partition coefficient (Wildman–Crippen LogP) is 3.80. The molecule has 1 atom stereocenters. The molecule has 4 heteroatoms. The molecule has 4 fully saturated rings. The Kier molecular flexibility index (Phi) is 4.60. The van der Waals surface area contributed by atoms with Crippen LogP contribution in [0.3, 0.4) is 0 Å². The van der Waals surface area contributed by atoms with Crippen molar-refractivity contribution in [1.82, 2.24) is 9.80 Å². The molecule has 0 radical (unpaired) electrons. The van der Waals surface area contributed by atoms with Crippen LogP contribution in [-0.4, -0.2) is 46.9 Å². The fourth-order valence-corrected chi connectivity index (χ4v) is 7.05. The molecule has 2 aliphatic heterocycles. The van der Waals surface area contributed by atoms with Gasteiger partial charge in [-0.1, -0.05) is 50.6 Å². The summed E-state index contributed by atoms with van der Waals surface area (Å²) in [5.41, 5.74) is 8.11. The van der Waals surface area contributed by atoms with Gasteiger partial charge in [0.1, 0.15) is 0 Å². The highest BCUT2D eigenvalue weighted by Gasteiger charge is 2.63. The highest BCUT2D eigenvalue weighted by atomic mass is 16.2. The highest BCUT2D eigenvalue weighted by Crippen LogP contribution is 2.60. The Hall–Kier alpha value is -1.39. The second-order valence-electron chi connectivity index (χ2n) is 11.3. The standard InChI is InChI=1S/C25H37N3O/c1-23(2)18-28(22(29)25(26)16-24(17-25)11-6-12-24)21(23)20-9-13-27(14-10-20)15-19-7-4-3-5-8-19/h3-5,7-8,20-21H,6,9-18,26H2,1-2H3. The molecule has 4 nitrogen and oxygen atoms in total. The van der Waals surface area contributed by atoms with Crippen LogP contribution >= 0.6 is 0 Å². The summed E-state index contributed by atoms with van der Waals surface area (Å²) in [6, 6.07) is 11.1. The summed E-state index contributed by atoms with van der Waals surface area (Å²) in [6.07, 6.45) is 8.13. The number of piperidine rings is 1. The molecule has 2 N–H and O–H groups in total. The number of nitrogens with zero attached hydrogens (tertiary/aromatic N) is 2. The summed E-state index contributed by atoms with van der Waals surface area (Å²) in [5, 5.41) is 0. The van der Waals surface area contributed by atoms with E-state index in [-0.39, 0.29) is 11.3 Å². The van der Waals surface area contributed by atoms with Crippen LogP contribution in [0.4, 0.5) is 0 Å². The first-order chi connectivity index (χ1) is 13.8. The summed E-state index contributed by atoms with van der Waals surface area (Å²) in [5.74, 6) is 0.863. The van der Waals surface area contributed by atoms with Gasteiger partial charge >= 0.3 is 0 Å². The van der Waals surface area contributed by atoms with Crippen LogP contribution in [-0.2, 0) is 11.3 Å². The molecular formula is C25H37N3O. The van der Waals surface area contributed by atoms with E-state index in [1.807, 2.05) is 0 Å². The quantitative estimate of drug-likeness (QED) is 0.844. The molecule has 2 saturated heterocycles. The minimum atomic E-state index is -0.566. The van der Waals surface area contributed by atoms with E-state index in [2.05, 4.69) is 54.0 Å². The summed E-state index contributed by atoms with van der Waals surface area (Å²) in [6.45, 7) is 8.87. The van der Waals surface area contributed by atoms with E-state index in [1.165, 1.54) is 37.7 Å². The van der Waals surface area contributed by atoms with Crippen LogP contribution in [0.5, 0.6) is 0 Å². The molecule has 1 aromatic carbocycles. The van der Waals surface area contributed by atoms with Gasteiger partial charge in [-0.15, -0.1) is 0 Å². The molecule has 4 aliphatic rings. The van der Waals surface area contributed by atoms with Gasteiger partial charge in [-0.25, -0.2) is 0 Å². The van der Waals surface area contributed by atoms with Gasteiger partial charge in [0.2, 0.25) is 5.91 Å². The molecule has 0 aromatic heterocycles. The second-order valence-corrected chi connectivity index (χ2v) is 11.3. The molecule has 0 bridgehead atoms. The van der Waals surface area contributed by atoms with Crippen LogP contribution < -0.4 is 5.73 Å². The Balaban J connectivity index is 1.20. The average molecular weight is 396 g/mol. The zero-order valence-electron chi connectivity index (χ0n) is 18.2. The lowest BCUT2D eigenvalue weighted by Crippen LogP contribution is -2.75. The van der Waals surface area contributed by atoms with Crippen molar-refractivity contribution in [3.8, 4) is 0 Å². The maximum atomic E-state index is 13.4. The van der Waals surface area contributed by atoms with Crippen molar-refractivity contribution in [2.75, 3.05) is 19.6 Å². The van der Waals surface area contributed by atoms with E-state index in [0.717, 1.165) is 39.0 Å². The van der Waals surface area contributed by atoms with Crippen molar-refractivity contribution in [3.63, 3.8) is 0 Å². The summed E-state index contributed by atoms with van der Waals surface area (Å²) < 4.78 is 0. The maximum Gasteiger partial charge on any atom is 0.242 e. The Labute approximate surface area is 175 Å². The first kappa shape index (κ1) is 19.6. The van der Waals surface area contributed by atoms with Crippen molar-refractivity contribution in [2.45, 2.75) is 76.9 Å². The molecule has 5 rings (SSSR count). The van der Waals surface area contributed by atoms with Crippen molar-refractivity contribution in [2.24, 2.45) is 22.5 Å². The lowest BCUT2D eigenvalue weighted by Gasteiger charge is -2.64. The molecule has 1 aromatic rings. The summed E-state index contributed by atoms with van der Waals surface area (Å²) >= 11 is 0. The number of hydrogen-bond acceptors (Lipinski definition) is 3. The largest absolute Gasteiger partial charge is 0.337 e. The van der Waals surface area contributed by atoms with Gasteiger partial charge in [-0.2, -0.15) is 0 Å². The minimum Gasteiger partial charge on any atom is -0.337 e. The monoisotopic (exact) mass is 395 g/mol. The smallest absolute Gasteiger partial charge is 0.242 e. The van der Waals surface area contributed by atoms with E-state index >= 15 is 0 Å². The normalized spacial score (nSPS) is 30.3. The van der Waals surface area contributed by atoms with E-state index in [1.54, 1.807) is 0 Å². The molecule has 1 unspecified atom stereocenters. The Morgan fingerprint density at radius 3 is 2.31 bits per heavy atom. The van der Waals surface area contributed by atoms with E-state index < -0.39 is 5.54 Å². The third-order valence-corrected chi connectivity index (χ3v) is 8.52. The number of carbonyl (C=O) groups excluding carboxylic acids is 1. The Bertz CT molecular complexity index is 754. The average Bonchev–Trinajstić information content (AvgIpc) is 2.64. The van der Waals surface area contributed by atoms with Gasteiger partial charge < -0.3 is 10.6 Å². The van der Waals surface area contributed by atoms with Crippen molar-refractivity contribution >= 4 is 5.91 Å². The highest BCUT2D eigenvalue weighted by molar-refractivity contribution is 5.89. The lowest BCUT2D eigenvalue weighted by atomic mass is 9.48. The van der Waals surface area contributed by atoms with Crippen molar-refractivity contribution < 1.29 is 4.79 Å². The number of hydrogen-bond donors (Lipinski definition) is 1. The van der Waals surface area contributed by atoms with Crippen LogP contribution in [0, 0.1) is 16.7 Å². The first-order valence-corrected chi connectivity index (χ1v) is 11.7. The molecule has 29 heavy (non-hydrogen) atoms. The van der Waals surface area contributed by atoms with Gasteiger partial charge in [-0.3, -0.25) is 9.69 Å². The molecular weight excluding hydrogens is 358 g/mol. The number of rotatable bonds is 4. The van der Waals surface area contributed by atoms with Gasteiger partial charge in [-0.05, 0) is 68.5 Å². The SMILES string of the molecule is CC1(C)CN(C(=O)C2(N)CC3(CCC3)C2)C1C1CCN(Cc2ccccc2)CC1. The van der Waals surface area contributed by atoms with Crippen LogP contribution in [0.1, 0.15) is 64.4 Å². The number of nitrogens with two attached hydrogens (primary N) is 1. The summed E-state index contributed by atoms with van der Waals surface area (Å²) in [4.78, 5) is 18.1. The third-order valence-electron chi connectivity index (χ3n) is 8.52. The Morgan fingerprint density at radius 2 is 1.76 bits per heavy atom. The lowest BCUT2D eigenvalue weighted by molar-refractivity contribution is -0.177. The number of carbonyl (C=O) groups is 1. The predicted molar refractivity (Wildman–Crippen MR) is 116 cm³/mol. The molecule has 2 heterocycles. The minimum absolute atomic E-state index is 0.218.